The zero-order valence-corrected chi connectivity index (χ0v) is 12.2. The number of hydrogen-bond acceptors (Lipinski definition) is 3. The summed E-state index contributed by atoms with van der Waals surface area (Å²) in [4.78, 5) is 17.4. The molecule has 1 aliphatic rings. The summed E-state index contributed by atoms with van der Waals surface area (Å²) in [5.41, 5.74) is 0.803. The maximum atomic E-state index is 12.2. The average molecular weight is 313 g/mol. The molecule has 0 bridgehead atoms. The van der Waals surface area contributed by atoms with Gasteiger partial charge in [-0.1, -0.05) is 40.6 Å². The Labute approximate surface area is 123 Å². The Bertz CT molecular complexity index is 807. The van der Waals surface area contributed by atoms with Gasteiger partial charge in [0.1, 0.15) is 0 Å². The first-order valence-corrected chi connectivity index (χ1v) is 7.43. The number of nitrogens with zero attached hydrogens (tertiary/aromatic N) is 2. The van der Waals surface area contributed by atoms with Crippen molar-refractivity contribution in [1.82, 2.24) is 4.57 Å². The summed E-state index contributed by atoms with van der Waals surface area (Å²) in [5, 5.41) is 1.12. The van der Waals surface area contributed by atoms with E-state index >= 15 is 0 Å². The minimum atomic E-state index is 0.00877. The first kappa shape index (κ1) is 12.9. The number of hydrogen-bond donors (Lipinski definition) is 0. The van der Waals surface area contributed by atoms with E-state index in [4.69, 9.17) is 23.2 Å². The van der Waals surface area contributed by atoms with Gasteiger partial charge in [0.15, 0.2) is 4.80 Å². The van der Waals surface area contributed by atoms with Gasteiger partial charge in [-0.3, -0.25) is 14.4 Å². The lowest BCUT2D eigenvalue weighted by molar-refractivity contribution is 0.573. The molecule has 1 aromatic carbocycles. The molecule has 0 atom stereocenters. The van der Waals surface area contributed by atoms with Crippen LogP contribution in [0.2, 0.25) is 10.0 Å². The fourth-order valence-electron chi connectivity index (χ4n) is 1.99. The second-order valence-corrected chi connectivity index (χ2v) is 6.10. The molecule has 0 fully saturated rings. The van der Waals surface area contributed by atoms with Gasteiger partial charge in [0.2, 0.25) is 0 Å². The molecular formula is C13H10Cl2N2OS. The van der Waals surface area contributed by atoms with Crippen LogP contribution in [-0.4, -0.2) is 11.1 Å². The zero-order chi connectivity index (χ0) is 13.4. The number of thiazole rings is 1. The average Bonchev–Trinajstić information content (AvgIpc) is 2.70. The van der Waals surface area contributed by atoms with E-state index in [1.54, 1.807) is 22.8 Å². The predicted molar refractivity (Wildman–Crippen MR) is 78.9 cm³/mol. The lowest BCUT2D eigenvalue weighted by Crippen LogP contribution is -2.33. The highest BCUT2D eigenvalue weighted by Gasteiger charge is 2.09. The molecule has 2 aromatic rings. The molecule has 0 unspecified atom stereocenters. The fraction of sp³-hybridized carbons (Fsp3) is 0.231. The monoisotopic (exact) mass is 312 g/mol. The topological polar surface area (TPSA) is 34.4 Å². The van der Waals surface area contributed by atoms with Crippen LogP contribution in [0.5, 0.6) is 0 Å². The first-order chi connectivity index (χ1) is 9.15. The molecule has 0 spiro atoms. The van der Waals surface area contributed by atoms with Crippen LogP contribution in [-0.2, 0) is 6.54 Å². The summed E-state index contributed by atoms with van der Waals surface area (Å²) in [5.74, 6) is 0. The Morgan fingerprint density at radius 1 is 1.37 bits per heavy atom. The van der Waals surface area contributed by atoms with Crippen LogP contribution in [0.25, 0.3) is 6.08 Å². The van der Waals surface area contributed by atoms with Gasteiger partial charge in [0.25, 0.3) is 5.56 Å². The van der Waals surface area contributed by atoms with Crippen LogP contribution in [0.1, 0.15) is 12.0 Å². The highest BCUT2D eigenvalue weighted by Crippen LogP contribution is 2.21. The van der Waals surface area contributed by atoms with Crippen molar-refractivity contribution < 1.29 is 0 Å². The second-order valence-electron chi connectivity index (χ2n) is 4.25. The number of fused-ring (bicyclic) bond motifs is 1. The van der Waals surface area contributed by atoms with Gasteiger partial charge in [-0.25, -0.2) is 0 Å². The molecule has 0 saturated carbocycles. The van der Waals surface area contributed by atoms with E-state index < -0.39 is 0 Å². The molecule has 3 rings (SSSR count). The van der Waals surface area contributed by atoms with E-state index in [1.165, 1.54) is 11.3 Å². The van der Waals surface area contributed by atoms with Crippen LogP contribution in [0, 0.1) is 0 Å². The van der Waals surface area contributed by atoms with Gasteiger partial charge >= 0.3 is 0 Å². The second kappa shape index (κ2) is 5.12. The highest BCUT2D eigenvalue weighted by molar-refractivity contribution is 7.07. The molecule has 0 N–H and O–H groups in total. The quantitative estimate of drug-likeness (QED) is 0.794. The van der Waals surface area contributed by atoms with Crippen LogP contribution in [0.15, 0.2) is 28.0 Å². The van der Waals surface area contributed by atoms with Crippen molar-refractivity contribution >= 4 is 40.6 Å². The number of rotatable bonds is 1. The molecule has 0 amide bonds. The zero-order valence-electron chi connectivity index (χ0n) is 9.90. The lowest BCUT2D eigenvalue weighted by Gasteiger charge is -2.03. The molecule has 98 valence electrons. The molecule has 0 aliphatic carbocycles. The molecule has 0 radical (unpaired) electrons. The van der Waals surface area contributed by atoms with Crippen molar-refractivity contribution in [2.45, 2.75) is 13.0 Å². The Balaban J connectivity index is 2.20. The van der Waals surface area contributed by atoms with Gasteiger partial charge in [-0.05, 0) is 30.2 Å². The van der Waals surface area contributed by atoms with Crippen molar-refractivity contribution in [1.29, 1.82) is 0 Å². The van der Waals surface area contributed by atoms with Crippen LogP contribution >= 0.6 is 34.5 Å². The lowest BCUT2D eigenvalue weighted by atomic mass is 10.2. The van der Waals surface area contributed by atoms with Gasteiger partial charge in [-0.2, -0.15) is 0 Å². The summed E-state index contributed by atoms with van der Waals surface area (Å²) in [7, 11) is 0. The van der Waals surface area contributed by atoms with Crippen LogP contribution in [0.4, 0.5) is 0 Å². The van der Waals surface area contributed by atoms with E-state index in [-0.39, 0.29) is 5.56 Å². The standard InChI is InChI=1S/C13H10Cl2N2OS/c14-9-3-2-8(10(15)7-9)6-11-12(18)17-5-1-4-16-13(17)19-11/h2-3,6-7H,1,4-5H2/b11-6+. The third kappa shape index (κ3) is 2.48. The summed E-state index contributed by atoms with van der Waals surface area (Å²) >= 11 is 13.4. The van der Waals surface area contributed by atoms with E-state index in [0.717, 1.165) is 29.9 Å². The SMILES string of the molecule is O=c1/c(=C\c2ccc(Cl)cc2Cl)sc2n1CCCN=2. The molecule has 19 heavy (non-hydrogen) atoms. The summed E-state index contributed by atoms with van der Waals surface area (Å²) in [6.45, 7) is 1.54. The Morgan fingerprint density at radius 3 is 2.95 bits per heavy atom. The van der Waals surface area contributed by atoms with E-state index in [9.17, 15) is 4.79 Å². The summed E-state index contributed by atoms with van der Waals surface area (Å²) in [6, 6.07) is 5.24. The maximum Gasteiger partial charge on any atom is 0.270 e. The Kier molecular flexibility index (Phi) is 3.48. The van der Waals surface area contributed by atoms with Crippen LogP contribution < -0.4 is 14.9 Å². The molecular weight excluding hydrogens is 303 g/mol. The predicted octanol–water partition coefficient (Wildman–Crippen LogP) is 2.07. The molecule has 3 nitrogen and oxygen atoms in total. The fourth-order valence-corrected chi connectivity index (χ4v) is 3.47. The molecule has 6 heteroatoms. The smallest absolute Gasteiger partial charge is 0.270 e. The van der Waals surface area contributed by atoms with Crippen molar-refractivity contribution in [2.75, 3.05) is 6.54 Å². The van der Waals surface area contributed by atoms with Crippen molar-refractivity contribution in [3.05, 3.63) is 53.5 Å². The van der Waals surface area contributed by atoms with Crippen molar-refractivity contribution in [3.63, 3.8) is 0 Å². The van der Waals surface area contributed by atoms with Crippen LogP contribution in [0.3, 0.4) is 0 Å². The first-order valence-electron chi connectivity index (χ1n) is 5.86. The number of aromatic nitrogens is 1. The third-order valence-corrected chi connectivity index (χ3v) is 4.53. The Hall–Kier alpha value is -1.10. The van der Waals surface area contributed by atoms with E-state index in [2.05, 4.69) is 4.99 Å². The Morgan fingerprint density at radius 2 is 2.21 bits per heavy atom. The molecule has 2 heterocycles. The van der Waals surface area contributed by atoms with Crippen molar-refractivity contribution in [2.24, 2.45) is 4.99 Å². The molecule has 0 saturated heterocycles. The van der Waals surface area contributed by atoms with E-state index in [1.807, 2.05) is 6.07 Å². The third-order valence-electron chi connectivity index (χ3n) is 2.92. The largest absolute Gasteiger partial charge is 0.284 e. The van der Waals surface area contributed by atoms with Gasteiger partial charge in [0.05, 0.1) is 4.53 Å². The summed E-state index contributed by atoms with van der Waals surface area (Å²) in [6.07, 6.45) is 2.72. The van der Waals surface area contributed by atoms with Crippen molar-refractivity contribution in [3.8, 4) is 0 Å². The molecule has 1 aliphatic heterocycles. The van der Waals surface area contributed by atoms with Gasteiger partial charge in [0, 0.05) is 23.1 Å². The number of halogens is 2. The minimum Gasteiger partial charge on any atom is -0.284 e. The maximum absolute atomic E-state index is 12.2. The van der Waals surface area contributed by atoms with Gasteiger partial charge < -0.3 is 0 Å². The number of benzene rings is 1. The molecule has 1 aromatic heterocycles. The normalized spacial score (nSPS) is 15.2. The van der Waals surface area contributed by atoms with Gasteiger partial charge in [-0.15, -0.1) is 0 Å². The minimum absolute atomic E-state index is 0.00877. The summed E-state index contributed by atoms with van der Waals surface area (Å²) < 4.78 is 2.38. The van der Waals surface area contributed by atoms with E-state index in [0.29, 0.717) is 14.6 Å². The highest BCUT2D eigenvalue weighted by atomic mass is 35.5.